The highest BCUT2D eigenvalue weighted by atomic mass is 16.6. The van der Waals surface area contributed by atoms with Gasteiger partial charge in [-0.15, -0.1) is 0 Å². The molecule has 6 nitrogen and oxygen atoms in total. The van der Waals surface area contributed by atoms with Crippen molar-refractivity contribution in [3.8, 4) is 0 Å². The van der Waals surface area contributed by atoms with Gasteiger partial charge in [-0.05, 0) is 135 Å². The summed E-state index contributed by atoms with van der Waals surface area (Å²) in [5.74, 6) is -1.02. The van der Waals surface area contributed by atoms with Crippen LogP contribution in [0.2, 0.25) is 0 Å². The quantitative estimate of drug-likeness (QED) is 0.0262. The number of hydrogen-bond donors (Lipinski definition) is 0. The normalized spacial score (nSPS) is 13.3. The lowest BCUT2D eigenvalue weighted by Gasteiger charge is -2.18. The van der Waals surface area contributed by atoms with Crippen LogP contribution >= 0.6 is 0 Å². The van der Waals surface area contributed by atoms with Gasteiger partial charge in [-0.3, -0.25) is 14.4 Å². The van der Waals surface area contributed by atoms with Crippen LogP contribution in [0.25, 0.3) is 0 Å². The van der Waals surface area contributed by atoms with E-state index < -0.39 is 6.10 Å². The van der Waals surface area contributed by atoms with Crippen molar-refractivity contribution in [1.29, 1.82) is 0 Å². The molecule has 1 atom stereocenters. The molecule has 6 heteroatoms. The van der Waals surface area contributed by atoms with E-state index >= 15 is 0 Å². The number of carbonyl (C=O) groups excluding carboxylic acids is 3. The van der Waals surface area contributed by atoms with Crippen LogP contribution in [-0.4, -0.2) is 37.2 Å². The second-order valence-electron chi connectivity index (χ2n) is 17.3. The molecule has 386 valence electrons. The first-order valence-electron chi connectivity index (χ1n) is 27.3. The summed E-state index contributed by atoms with van der Waals surface area (Å²) in [6.45, 7) is 6.20. The zero-order chi connectivity index (χ0) is 50.0. The molecule has 0 aliphatic heterocycles. The minimum atomic E-state index is -0.827. The maximum Gasteiger partial charge on any atom is 0.306 e. The number of allylic oxidation sites excluding steroid dienone is 24. The average molecular weight is 951 g/mol. The van der Waals surface area contributed by atoms with Crippen LogP contribution in [0.1, 0.15) is 213 Å². The fourth-order valence-electron chi connectivity index (χ4n) is 6.83. The fraction of sp³-hybridized carbons (Fsp3) is 0.571. The van der Waals surface area contributed by atoms with Gasteiger partial charge in [0, 0.05) is 19.3 Å². The summed E-state index contributed by atoms with van der Waals surface area (Å²) in [6, 6.07) is 0. The van der Waals surface area contributed by atoms with Gasteiger partial charge >= 0.3 is 17.9 Å². The predicted octanol–water partition coefficient (Wildman–Crippen LogP) is 18.4. The summed E-state index contributed by atoms with van der Waals surface area (Å²) in [5, 5.41) is 0. The van der Waals surface area contributed by atoms with Crippen molar-refractivity contribution in [2.45, 2.75) is 219 Å². The van der Waals surface area contributed by atoms with E-state index in [0.717, 1.165) is 128 Å². The van der Waals surface area contributed by atoms with Gasteiger partial charge < -0.3 is 14.2 Å². The van der Waals surface area contributed by atoms with E-state index in [1.807, 2.05) is 0 Å². The molecule has 0 N–H and O–H groups in total. The topological polar surface area (TPSA) is 78.9 Å². The molecule has 0 aliphatic rings. The number of rotatable bonds is 47. The van der Waals surface area contributed by atoms with Gasteiger partial charge in [-0.25, -0.2) is 0 Å². The van der Waals surface area contributed by atoms with Crippen LogP contribution in [0.3, 0.4) is 0 Å². The molecule has 69 heavy (non-hydrogen) atoms. The third kappa shape index (κ3) is 54.1. The molecular weight excluding hydrogens is 853 g/mol. The van der Waals surface area contributed by atoms with Gasteiger partial charge in [0.1, 0.15) is 13.2 Å². The molecule has 0 rings (SSSR count). The third-order valence-electron chi connectivity index (χ3n) is 10.8. The first-order valence-corrected chi connectivity index (χ1v) is 27.3. The van der Waals surface area contributed by atoms with Gasteiger partial charge in [0.15, 0.2) is 6.10 Å². The smallest absolute Gasteiger partial charge is 0.306 e. The molecule has 0 bridgehead atoms. The standard InChI is InChI=1S/C63H98O6/c1-4-7-10-13-16-19-22-25-28-29-30-31-32-33-36-38-41-44-47-50-53-56-62(65)68-59-60(69-63(66)57-54-51-48-45-42-39-35-27-24-21-18-15-12-9-6-3)58-67-61(64)55-52-49-46-43-40-37-34-26-23-20-17-14-11-8-5-2/h7-12,16-21,25-28,30-31,34-35,40,42-43,45,60H,4-6,13-15,22-24,29,32-33,36-39,41,44,46-59H2,1-3H3/b10-7-,11-8-,12-9-,19-16-,20-17-,21-18-,28-25-,31-30-,34-26-,35-27-,43-40-,45-42-. The highest BCUT2D eigenvalue weighted by molar-refractivity contribution is 5.71. The lowest BCUT2D eigenvalue weighted by Crippen LogP contribution is -2.30. The Hall–Kier alpha value is -4.71. The average Bonchev–Trinajstić information content (AvgIpc) is 3.35. The number of esters is 3. The van der Waals surface area contributed by atoms with E-state index in [2.05, 4.69) is 167 Å². The summed E-state index contributed by atoms with van der Waals surface area (Å²) in [6.07, 6.45) is 79.8. The van der Waals surface area contributed by atoms with Crippen molar-refractivity contribution < 1.29 is 28.6 Å². The lowest BCUT2D eigenvalue weighted by molar-refractivity contribution is -0.167. The number of carbonyl (C=O) groups is 3. The maximum absolute atomic E-state index is 12.8. The molecule has 0 aliphatic carbocycles. The second-order valence-corrected chi connectivity index (χ2v) is 17.3. The number of unbranched alkanes of at least 4 members (excludes halogenated alkanes) is 12. The SMILES string of the molecule is CC/C=C\C/C=C\C/C=C\C/C=C\CCCCCCCCCCC(=O)OCC(COC(=O)CCCC/C=C\C/C=C\C/C=C\C/C=C\CC)OC(=O)CCCC/C=C\C/C=C\C/C=C\C/C=C\CC. The molecular formula is C63H98O6. The van der Waals surface area contributed by atoms with E-state index in [-0.39, 0.29) is 44.0 Å². The van der Waals surface area contributed by atoms with E-state index in [9.17, 15) is 14.4 Å². The Morgan fingerprint density at radius 3 is 0.841 bits per heavy atom. The maximum atomic E-state index is 12.8. The minimum absolute atomic E-state index is 0.119. The Kier molecular flexibility index (Phi) is 52.1. The molecule has 0 saturated carbocycles. The molecule has 0 radical (unpaired) electrons. The molecule has 0 heterocycles. The molecule has 0 saturated heterocycles. The monoisotopic (exact) mass is 951 g/mol. The molecule has 0 aromatic rings. The Balaban J connectivity index is 4.52. The van der Waals surface area contributed by atoms with Crippen molar-refractivity contribution in [2.75, 3.05) is 13.2 Å². The van der Waals surface area contributed by atoms with Crippen molar-refractivity contribution in [3.05, 3.63) is 146 Å². The highest BCUT2D eigenvalue weighted by Crippen LogP contribution is 2.13. The van der Waals surface area contributed by atoms with Gasteiger partial charge in [-0.1, -0.05) is 205 Å². The van der Waals surface area contributed by atoms with Crippen molar-refractivity contribution in [1.82, 2.24) is 0 Å². The number of ether oxygens (including phenoxy) is 3. The van der Waals surface area contributed by atoms with Gasteiger partial charge in [-0.2, -0.15) is 0 Å². The summed E-state index contributed by atoms with van der Waals surface area (Å²) in [5.41, 5.74) is 0. The van der Waals surface area contributed by atoms with Gasteiger partial charge in [0.25, 0.3) is 0 Å². The molecule has 0 spiro atoms. The summed E-state index contributed by atoms with van der Waals surface area (Å²) < 4.78 is 16.8. The van der Waals surface area contributed by atoms with Crippen molar-refractivity contribution >= 4 is 17.9 Å². The summed E-state index contributed by atoms with van der Waals surface area (Å²) in [4.78, 5) is 38.1. The predicted molar refractivity (Wildman–Crippen MR) is 297 cm³/mol. The van der Waals surface area contributed by atoms with E-state index in [1.165, 1.54) is 32.1 Å². The van der Waals surface area contributed by atoms with Crippen LogP contribution in [-0.2, 0) is 28.6 Å². The van der Waals surface area contributed by atoms with Gasteiger partial charge in [0.05, 0.1) is 0 Å². The van der Waals surface area contributed by atoms with E-state index in [0.29, 0.717) is 19.3 Å². The first kappa shape index (κ1) is 64.3. The molecule has 0 amide bonds. The number of hydrogen-bond acceptors (Lipinski definition) is 6. The molecule has 1 unspecified atom stereocenters. The Labute approximate surface area is 423 Å². The highest BCUT2D eigenvalue weighted by Gasteiger charge is 2.19. The van der Waals surface area contributed by atoms with E-state index in [4.69, 9.17) is 14.2 Å². The second kappa shape index (κ2) is 55.9. The Morgan fingerprint density at radius 2 is 0.522 bits per heavy atom. The Bertz CT molecular complexity index is 1560. The molecule has 0 fully saturated rings. The van der Waals surface area contributed by atoms with E-state index in [1.54, 1.807) is 0 Å². The zero-order valence-corrected chi connectivity index (χ0v) is 44.0. The Morgan fingerprint density at radius 1 is 0.290 bits per heavy atom. The minimum Gasteiger partial charge on any atom is -0.462 e. The van der Waals surface area contributed by atoms with Crippen LogP contribution in [0.15, 0.2) is 146 Å². The zero-order valence-electron chi connectivity index (χ0n) is 44.0. The first-order chi connectivity index (χ1) is 34.0. The third-order valence-corrected chi connectivity index (χ3v) is 10.8. The van der Waals surface area contributed by atoms with Crippen LogP contribution < -0.4 is 0 Å². The molecule has 0 aromatic carbocycles. The summed E-state index contributed by atoms with van der Waals surface area (Å²) >= 11 is 0. The van der Waals surface area contributed by atoms with Crippen LogP contribution in [0, 0.1) is 0 Å². The molecule has 0 aromatic heterocycles. The van der Waals surface area contributed by atoms with Crippen molar-refractivity contribution in [3.63, 3.8) is 0 Å². The van der Waals surface area contributed by atoms with Crippen LogP contribution in [0.5, 0.6) is 0 Å². The van der Waals surface area contributed by atoms with Crippen molar-refractivity contribution in [2.24, 2.45) is 0 Å². The lowest BCUT2D eigenvalue weighted by atomic mass is 10.1. The van der Waals surface area contributed by atoms with Gasteiger partial charge in [0.2, 0.25) is 0 Å². The summed E-state index contributed by atoms with van der Waals surface area (Å²) in [7, 11) is 0. The largest absolute Gasteiger partial charge is 0.462 e. The fourth-order valence-corrected chi connectivity index (χ4v) is 6.83. The van der Waals surface area contributed by atoms with Crippen LogP contribution in [0.4, 0.5) is 0 Å².